The summed E-state index contributed by atoms with van der Waals surface area (Å²) in [5.41, 5.74) is 0.925. The average Bonchev–Trinajstić information content (AvgIpc) is 2.48. The minimum absolute atomic E-state index is 0.187. The Kier molecular flexibility index (Phi) is 5.27. The molecule has 0 radical (unpaired) electrons. The van der Waals surface area contributed by atoms with E-state index < -0.39 is 0 Å². The van der Waals surface area contributed by atoms with Crippen molar-refractivity contribution >= 4 is 11.6 Å². The summed E-state index contributed by atoms with van der Waals surface area (Å²) in [5.74, 6) is 1.02. The van der Waals surface area contributed by atoms with Crippen molar-refractivity contribution in [1.82, 2.24) is 4.90 Å². The van der Waals surface area contributed by atoms with E-state index in [9.17, 15) is 4.79 Å². The van der Waals surface area contributed by atoms with Gasteiger partial charge in [-0.2, -0.15) is 0 Å². The molecule has 1 aromatic carbocycles. The van der Waals surface area contributed by atoms with Crippen molar-refractivity contribution in [3.05, 3.63) is 24.3 Å². The maximum absolute atomic E-state index is 12.3. The predicted molar refractivity (Wildman–Crippen MR) is 81.1 cm³/mol. The van der Waals surface area contributed by atoms with Gasteiger partial charge >= 0.3 is 0 Å². The molecule has 1 aromatic rings. The molecule has 1 aliphatic rings. The number of hydrogen-bond donors (Lipinski definition) is 1. The van der Waals surface area contributed by atoms with Crippen molar-refractivity contribution < 1.29 is 9.53 Å². The van der Waals surface area contributed by atoms with E-state index in [-0.39, 0.29) is 11.9 Å². The van der Waals surface area contributed by atoms with Crippen molar-refractivity contribution in [2.24, 2.45) is 0 Å². The first-order valence-corrected chi connectivity index (χ1v) is 7.49. The Labute approximate surface area is 121 Å². The molecule has 0 aliphatic carbocycles. The lowest BCUT2D eigenvalue weighted by Gasteiger charge is -2.29. The molecule has 0 bridgehead atoms. The second kappa shape index (κ2) is 7.17. The van der Waals surface area contributed by atoms with Crippen LogP contribution in [0.2, 0.25) is 0 Å². The summed E-state index contributed by atoms with van der Waals surface area (Å²) in [7, 11) is 0. The van der Waals surface area contributed by atoms with Crippen LogP contribution in [-0.2, 0) is 4.79 Å². The number of piperidine rings is 1. The smallest absolute Gasteiger partial charge is 0.244 e. The maximum atomic E-state index is 12.3. The number of carbonyl (C=O) groups is 1. The van der Waals surface area contributed by atoms with Crippen LogP contribution in [0, 0.1) is 0 Å². The zero-order valence-electron chi connectivity index (χ0n) is 12.4. The Hall–Kier alpha value is -1.71. The molecule has 1 heterocycles. The Balaban J connectivity index is 1.94. The van der Waals surface area contributed by atoms with Gasteiger partial charge in [-0.15, -0.1) is 0 Å². The van der Waals surface area contributed by atoms with Crippen molar-refractivity contribution in [3.8, 4) is 5.75 Å². The summed E-state index contributed by atoms with van der Waals surface area (Å²) in [4.78, 5) is 14.3. The fourth-order valence-electron chi connectivity index (χ4n) is 2.54. The van der Waals surface area contributed by atoms with Crippen LogP contribution in [0.5, 0.6) is 5.75 Å². The number of rotatable bonds is 5. The topological polar surface area (TPSA) is 41.6 Å². The molecule has 20 heavy (non-hydrogen) atoms. The van der Waals surface area contributed by atoms with Gasteiger partial charge in [-0.1, -0.05) is 6.07 Å². The van der Waals surface area contributed by atoms with E-state index in [2.05, 4.69) is 5.32 Å². The highest BCUT2D eigenvalue weighted by Crippen LogP contribution is 2.19. The second-order valence-electron chi connectivity index (χ2n) is 5.21. The van der Waals surface area contributed by atoms with E-state index in [0.29, 0.717) is 6.61 Å². The first kappa shape index (κ1) is 14.7. The molecule has 4 heteroatoms. The maximum Gasteiger partial charge on any atom is 0.244 e. The lowest BCUT2D eigenvalue weighted by molar-refractivity contribution is -0.132. The number of benzene rings is 1. The summed E-state index contributed by atoms with van der Waals surface area (Å²) < 4.78 is 5.47. The Bertz CT molecular complexity index is 442. The van der Waals surface area contributed by atoms with E-state index >= 15 is 0 Å². The minimum atomic E-state index is -0.204. The summed E-state index contributed by atoms with van der Waals surface area (Å²) >= 11 is 0. The van der Waals surface area contributed by atoms with Gasteiger partial charge in [0.05, 0.1) is 6.61 Å². The molecule has 0 saturated carbocycles. The normalized spacial score (nSPS) is 16.6. The Morgan fingerprint density at radius 1 is 1.35 bits per heavy atom. The number of amides is 1. The number of hydrogen-bond acceptors (Lipinski definition) is 3. The van der Waals surface area contributed by atoms with Gasteiger partial charge in [-0.3, -0.25) is 4.79 Å². The molecular weight excluding hydrogens is 252 g/mol. The molecule has 0 spiro atoms. The number of ether oxygens (including phenoxy) is 1. The number of carbonyl (C=O) groups excluding carboxylic acids is 1. The van der Waals surface area contributed by atoms with E-state index in [0.717, 1.165) is 37.4 Å². The quantitative estimate of drug-likeness (QED) is 0.899. The van der Waals surface area contributed by atoms with Gasteiger partial charge in [0, 0.05) is 24.8 Å². The predicted octanol–water partition coefficient (Wildman–Crippen LogP) is 2.90. The molecule has 110 valence electrons. The van der Waals surface area contributed by atoms with Crippen LogP contribution in [0.3, 0.4) is 0 Å². The third-order valence-corrected chi connectivity index (χ3v) is 3.57. The fourth-order valence-corrected chi connectivity index (χ4v) is 2.54. The van der Waals surface area contributed by atoms with Crippen molar-refractivity contribution in [1.29, 1.82) is 0 Å². The number of nitrogens with zero attached hydrogens (tertiary/aromatic N) is 1. The lowest BCUT2D eigenvalue weighted by atomic mass is 10.1. The summed E-state index contributed by atoms with van der Waals surface area (Å²) in [5, 5.41) is 3.27. The molecule has 1 saturated heterocycles. The number of likely N-dealkylation sites (tertiary alicyclic amines) is 1. The van der Waals surface area contributed by atoms with Gasteiger partial charge < -0.3 is 15.0 Å². The zero-order chi connectivity index (χ0) is 14.4. The van der Waals surface area contributed by atoms with Gasteiger partial charge in [0.25, 0.3) is 0 Å². The Morgan fingerprint density at radius 2 is 2.10 bits per heavy atom. The van der Waals surface area contributed by atoms with E-state index in [1.165, 1.54) is 6.42 Å². The third kappa shape index (κ3) is 3.89. The van der Waals surface area contributed by atoms with Crippen LogP contribution in [0.15, 0.2) is 24.3 Å². The van der Waals surface area contributed by atoms with Gasteiger partial charge in [0.15, 0.2) is 0 Å². The minimum Gasteiger partial charge on any atom is -0.494 e. The van der Waals surface area contributed by atoms with Gasteiger partial charge in [-0.25, -0.2) is 0 Å². The SMILES string of the molecule is CCOc1cccc(NC(C)C(=O)N2CCCCC2)c1. The van der Waals surface area contributed by atoms with Crippen LogP contribution in [0.4, 0.5) is 5.69 Å². The van der Waals surface area contributed by atoms with Crippen LogP contribution in [0.1, 0.15) is 33.1 Å². The monoisotopic (exact) mass is 276 g/mol. The van der Waals surface area contributed by atoms with Crippen molar-refractivity contribution in [3.63, 3.8) is 0 Å². The van der Waals surface area contributed by atoms with Gasteiger partial charge in [0.1, 0.15) is 11.8 Å². The van der Waals surface area contributed by atoms with Crippen LogP contribution >= 0.6 is 0 Å². The molecule has 1 N–H and O–H groups in total. The fraction of sp³-hybridized carbons (Fsp3) is 0.562. The average molecular weight is 276 g/mol. The van der Waals surface area contributed by atoms with Crippen LogP contribution in [0.25, 0.3) is 0 Å². The van der Waals surface area contributed by atoms with Crippen molar-refractivity contribution in [2.75, 3.05) is 25.0 Å². The number of anilines is 1. The van der Waals surface area contributed by atoms with Gasteiger partial charge in [0.2, 0.25) is 5.91 Å². The molecular formula is C16H24N2O2. The van der Waals surface area contributed by atoms with Crippen LogP contribution in [-0.4, -0.2) is 36.5 Å². The third-order valence-electron chi connectivity index (χ3n) is 3.57. The summed E-state index contributed by atoms with van der Waals surface area (Å²) in [6, 6.07) is 7.55. The largest absolute Gasteiger partial charge is 0.494 e. The molecule has 1 atom stereocenters. The molecule has 0 aromatic heterocycles. The first-order valence-electron chi connectivity index (χ1n) is 7.49. The second-order valence-corrected chi connectivity index (χ2v) is 5.21. The molecule has 1 fully saturated rings. The summed E-state index contributed by atoms with van der Waals surface area (Å²) in [6.45, 7) is 6.31. The molecule has 4 nitrogen and oxygen atoms in total. The molecule has 1 aliphatic heterocycles. The highest BCUT2D eigenvalue weighted by molar-refractivity contribution is 5.84. The number of nitrogens with one attached hydrogen (secondary N) is 1. The van der Waals surface area contributed by atoms with Crippen LogP contribution < -0.4 is 10.1 Å². The van der Waals surface area contributed by atoms with Crippen molar-refractivity contribution in [2.45, 2.75) is 39.2 Å². The van der Waals surface area contributed by atoms with Gasteiger partial charge in [-0.05, 0) is 45.2 Å². The molecule has 1 unspecified atom stereocenters. The Morgan fingerprint density at radius 3 is 2.80 bits per heavy atom. The molecule has 2 rings (SSSR count). The van der Waals surface area contributed by atoms with E-state index in [4.69, 9.17) is 4.74 Å². The standard InChI is InChI=1S/C16H24N2O2/c1-3-20-15-9-7-8-14(12-15)17-13(2)16(19)18-10-5-4-6-11-18/h7-9,12-13,17H,3-6,10-11H2,1-2H3. The summed E-state index contributed by atoms with van der Waals surface area (Å²) in [6.07, 6.45) is 3.48. The van der Waals surface area contributed by atoms with E-state index in [1.807, 2.05) is 43.0 Å². The van der Waals surface area contributed by atoms with E-state index in [1.54, 1.807) is 0 Å². The zero-order valence-corrected chi connectivity index (χ0v) is 12.4. The lowest BCUT2D eigenvalue weighted by Crippen LogP contribution is -2.43. The molecule has 1 amide bonds. The highest BCUT2D eigenvalue weighted by Gasteiger charge is 2.21. The first-order chi connectivity index (χ1) is 9.70. The highest BCUT2D eigenvalue weighted by atomic mass is 16.5.